The highest BCUT2D eigenvalue weighted by molar-refractivity contribution is 7.86. The van der Waals surface area contributed by atoms with E-state index < -0.39 is 33.0 Å². The van der Waals surface area contributed by atoms with Crippen LogP contribution in [0.15, 0.2) is 27.4 Å². The van der Waals surface area contributed by atoms with Crippen LogP contribution in [0.5, 0.6) is 0 Å². The van der Waals surface area contributed by atoms with Gasteiger partial charge in [-0.1, -0.05) is 6.08 Å². The van der Waals surface area contributed by atoms with E-state index in [1.807, 2.05) is 26.8 Å². The summed E-state index contributed by atoms with van der Waals surface area (Å²) in [6.07, 6.45) is 1.61. The summed E-state index contributed by atoms with van der Waals surface area (Å²) in [5.74, 6) is -1.06. The van der Waals surface area contributed by atoms with Crippen LogP contribution in [0.2, 0.25) is 0 Å². The van der Waals surface area contributed by atoms with Crippen molar-refractivity contribution in [3.8, 4) is 0 Å². The fourth-order valence-corrected chi connectivity index (χ4v) is 4.88. The van der Waals surface area contributed by atoms with Crippen LogP contribution < -0.4 is 10.5 Å². The molecule has 8 nitrogen and oxygen atoms in total. The summed E-state index contributed by atoms with van der Waals surface area (Å²) in [5.41, 5.74) is 1.80. The summed E-state index contributed by atoms with van der Waals surface area (Å²) < 4.78 is 43.3. The predicted octanol–water partition coefficient (Wildman–Crippen LogP) is 3.10. The number of benzene rings is 1. The number of aryl methyl sites for hydroxylation is 1. The summed E-state index contributed by atoms with van der Waals surface area (Å²) in [6, 6.07) is 3.47. The van der Waals surface area contributed by atoms with E-state index >= 15 is 0 Å². The van der Waals surface area contributed by atoms with E-state index in [9.17, 15) is 22.6 Å². The minimum absolute atomic E-state index is 0.203. The topological polar surface area (TPSA) is 114 Å². The van der Waals surface area contributed by atoms with Crippen molar-refractivity contribution in [2.75, 3.05) is 23.8 Å². The van der Waals surface area contributed by atoms with Gasteiger partial charge in [0.05, 0.1) is 24.1 Å². The molecular formula is C22H27NO7S. The smallest absolute Gasteiger partial charge is 0.340 e. The monoisotopic (exact) mass is 449 g/mol. The predicted molar refractivity (Wildman–Crippen MR) is 119 cm³/mol. The van der Waals surface area contributed by atoms with Gasteiger partial charge in [-0.15, -0.1) is 0 Å². The summed E-state index contributed by atoms with van der Waals surface area (Å²) >= 11 is 0. The number of esters is 1. The van der Waals surface area contributed by atoms with Crippen LogP contribution >= 0.6 is 0 Å². The molecule has 31 heavy (non-hydrogen) atoms. The van der Waals surface area contributed by atoms with Crippen molar-refractivity contribution in [1.82, 2.24) is 0 Å². The second kappa shape index (κ2) is 8.12. The second-order valence-corrected chi connectivity index (χ2v) is 9.59. The van der Waals surface area contributed by atoms with Crippen molar-refractivity contribution in [2.45, 2.75) is 46.6 Å². The lowest BCUT2D eigenvalue weighted by molar-refractivity contribution is -0.142. The minimum Gasteiger partial charge on any atom is -0.466 e. The molecule has 0 saturated carbocycles. The largest absolute Gasteiger partial charge is 0.466 e. The Morgan fingerprint density at radius 3 is 2.52 bits per heavy atom. The Hall–Kier alpha value is -2.65. The molecule has 0 saturated heterocycles. The van der Waals surface area contributed by atoms with Gasteiger partial charge in [0.1, 0.15) is 11.3 Å². The molecule has 3 rings (SSSR count). The number of carbonyl (C=O) groups excluding carboxylic acids is 1. The summed E-state index contributed by atoms with van der Waals surface area (Å²) in [5, 5.41) is 0.592. The zero-order valence-corrected chi connectivity index (χ0v) is 19.1. The number of hydrogen-bond donors (Lipinski definition) is 1. The number of nitrogens with zero attached hydrogens (tertiary/aromatic N) is 1. The first-order chi connectivity index (χ1) is 14.4. The van der Waals surface area contributed by atoms with Crippen molar-refractivity contribution in [3.63, 3.8) is 0 Å². The van der Waals surface area contributed by atoms with E-state index in [1.165, 1.54) is 0 Å². The number of fused-ring (bicyclic) bond motifs is 2. The van der Waals surface area contributed by atoms with Gasteiger partial charge in [-0.2, -0.15) is 8.42 Å². The van der Waals surface area contributed by atoms with Crippen molar-refractivity contribution in [1.29, 1.82) is 0 Å². The van der Waals surface area contributed by atoms with Crippen LogP contribution in [-0.4, -0.2) is 43.4 Å². The molecule has 1 N–H and O–H groups in total. The van der Waals surface area contributed by atoms with Crippen LogP contribution in [0, 0.1) is 6.92 Å². The van der Waals surface area contributed by atoms with Gasteiger partial charge in [0.2, 0.25) is 0 Å². The fourth-order valence-electron chi connectivity index (χ4n) is 4.25. The summed E-state index contributed by atoms with van der Waals surface area (Å²) in [6.45, 7) is 10.1. The average Bonchev–Trinajstić information content (AvgIpc) is 2.63. The molecule has 0 fully saturated rings. The molecule has 1 aromatic heterocycles. The van der Waals surface area contributed by atoms with E-state index in [1.54, 1.807) is 26.0 Å². The summed E-state index contributed by atoms with van der Waals surface area (Å²) in [7, 11) is -4.26. The first-order valence-corrected chi connectivity index (χ1v) is 11.7. The third kappa shape index (κ3) is 4.52. The Bertz CT molecular complexity index is 1240. The number of likely N-dealkylation sites (N-methyl/N-ethyl adjacent to an activating group) is 1. The molecule has 168 valence electrons. The SMILES string of the molecule is CCOC(=O)Cc1c(C)c2cc3c(cc2oc1=O)N(CC)C(C)(C)C=C3CS(=O)(=O)O. The quantitative estimate of drug-likeness (QED) is 0.407. The highest BCUT2D eigenvalue weighted by Crippen LogP contribution is 2.42. The maximum Gasteiger partial charge on any atom is 0.340 e. The molecule has 0 bridgehead atoms. The maximum absolute atomic E-state index is 12.6. The van der Waals surface area contributed by atoms with Gasteiger partial charge in [0.25, 0.3) is 10.1 Å². The first kappa shape index (κ1) is 23.0. The third-order valence-electron chi connectivity index (χ3n) is 5.54. The highest BCUT2D eigenvalue weighted by Gasteiger charge is 2.33. The third-order valence-corrected chi connectivity index (χ3v) is 6.22. The first-order valence-electron chi connectivity index (χ1n) is 10.1. The molecule has 2 heterocycles. The molecule has 0 spiro atoms. The van der Waals surface area contributed by atoms with Crippen LogP contribution in [0.25, 0.3) is 16.5 Å². The van der Waals surface area contributed by atoms with Crippen molar-refractivity contribution >= 4 is 38.3 Å². The highest BCUT2D eigenvalue weighted by atomic mass is 32.2. The molecule has 0 amide bonds. The number of ether oxygens (including phenoxy) is 1. The molecule has 1 aromatic carbocycles. The van der Waals surface area contributed by atoms with E-state index in [0.29, 0.717) is 39.9 Å². The lowest BCUT2D eigenvalue weighted by atomic mass is 9.87. The molecule has 0 unspecified atom stereocenters. The second-order valence-electron chi connectivity index (χ2n) is 8.13. The van der Waals surface area contributed by atoms with E-state index in [4.69, 9.17) is 9.15 Å². The van der Waals surface area contributed by atoms with E-state index in [-0.39, 0.29) is 18.6 Å². The number of carbonyl (C=O) groups is 1. The van der Waals surface area contributed by atoms with E-state index in [2.05, 4.69) is 4.90 Å². The molecular weight excluding hydrogens is 422 g/mol. The van der Waals surface area contributed by atoms with Gasteiger partial charge in [-0.3, -0.25) is 9.35 Å². The van der Waals surface area contributed by atoms with Crippen LogP contribution in [-0.2, 0) is 26.1 Å². The van der Waals surface area contributed by atoms with Gasteiger partial charge < -0.3 is 14.1 Å². The van der Waals surface area contributed by atoms with Crippen molar-refractivity contribution in [3.05, 3.63) is 45.3 Å². The zero-order valence-electron chi connectivity index (χ0n) is 18.3. The van der Waals surface area contributed by atoms with Crippen molar-refractivity contribution in [2.24, 2.45) is 0 Å². The molecule has 1 aliphatic rings. The average molecular weight is 450 g/mol. The fraction of sp³-hybridized carbons (Fsp3) is 0.455. The molecule has 0 aliphatic carbocycles. The minimum atomic E-state index is -4.26. The van der Waals surface area contributed by atoms with Crippen LogP contribution in [0.1, 0.15) is 44.4 Å². The standard InChI is InChI=1S/C22H27NO7S/c1-6-23-18-10-19-15(13(3)16(21(25)30-19)9-20(24)29-7-2)8-17(18)14(11-22(23,4)5)12-31(26,27)28/h8,10-11H,6-7,9,12H2,1-5H3,(H,26,27,28). The Kier molecular flexibility index (Phi) is 6.03. The van der Waals surface area contributed by atoms with Crippen LogP contribution in [0.3, 0.4) is 0 Å². The maximum atomic E-state index is 12.6. The normalized spacial score (nSPS) is 15.5. The van der Waals surface area contributed by atoms with Crippen molar-refractivity contribution < 1.29 is 26.9 Å². The molecule has 9 heteroatoms. The van der Waals surface area contributed by atoms with Gasteiger partial charge >= 0.3 is 11.6 Å². The Labute approximate surface area is 181 Å². The molecule has 1 aliphatic heterocycles. The summed E-state index contributed by atoms with van der Waals surface area (Å²) in [4.78, 5) is 26.6. The lowest BCUT2D eigenvalue weighted by Gasteiger charge is -2.43. The number of rotatable bonds is 6. The number of anilines is 1. The van der Waals surface area contributed by atoms with Gasteiger partial charge in [0, 0.05) is 29.2 Å². The molecule has 0 radical (unpaired) electrons. The Balaban J connectivity index is 2.28. The van der Waals surface area contributed by atoms with Gasteiger partial charge in [-0.25, -0.2) is 4.79 Å². The Morgan fingerprint density at radius 2 is 1.94 bits per heavy atom. The van der Waals surface area contributed by atoms with E-state index in [0.717, 1.165) is 0 Å². The van der Waals surface area contributed by atoms with Gasteiger partial charge in [0.15, 0.2) is 0 Å². The lowest BCUT2D eigenvalue weighted by Crippen LogP contribution is -2.45. The number of hydrogen-bond acceptors (Lipinski definition) is 7. The Morgan fingerprint density at radius 1 is 1.26 bits per heavy atom. The van der Waals surface area contributed by atoms with Crippen LogP contribution in [0.4, 0.5) is 5.69 Å². The van der Waals surface area contributed by atoms with Gasteiger partial charge in [-0.05, 0) is 51.8 Å². The molecule has 2 aromatic rings. The molecule has 0 atom stereocenters. The zero-order chi connectivity index (χ0) is 23.1.